The third-order valence-corrected chi connectivity index (χ3v) is 3.09. The van der Waals surface area contributed by atoms with E-state index in [4.69, 9.17) is 5.73 Å². The van der Waals surface area contributed by atoms with E-state index in [2.05, 4.69) is 25.7 Å². The normalized spacial score (nSPS) is 18.5. The fraction of sp³-hybridized carbons (Fsp3) is 0.923. The highest BCUT2D eigenvalue weighted by atomic mass is 16.2. The molecule has 100 valence electrons. The van der Waals surface area contributed by atoms with Crippen LogP contribution in [0.15, 0.2) is 0 Å². The molecule has 17 heavy (non-hydrogen) atoms. The summed E-state index contributed by atoms with van der Waals surface area (Å²) in [4.78, 5) is 16.4. The van der Waals surface area contributed by atoms with Crippen LogP contribution in [0.5, 0.6) is 0 Å². The van der Waals surface area contributed by atoms with Crippen molar-refractivity contribution in [3.05, 3.63) is 0 Å². The molecule has 4 heteroatoms. The van der Waals surface area contributed by atoms with Gasteiger partial charge < -0.3 is 10.6 Å². The molecule has 1 fully saturated rings. The van der Waals surface area contributed by atoms with Crippen LogP contribution in [0.2, 0.25) is 0 Å². The Labute approximate surface area is 105 Å². The van der Waals surface area contributed by atoms with E-state index < -0.39 is 0 Å². The SMILES string of the molecule is CC(C)(C)CC(=O)N1CCN(CCCN)CC1. The van der Waals surface area contributed by atoms with Crippen LogP contribution in [0.4, 0.5) is 0 Å². The standard InChI is InChI=1S/C13H27N3O/c1-13(2,3)11-12(17)16-9-7-15(8-10-16)6-4-5-14/h4-11,14H2,1-3H3. The van der Waals surface area contributed by atoms with Gasteiger partial charge in [-0.2, -0.15) is 0 Å². The van der Waals surface area contributed by atoms with Crippen molar-refractivity contribution < 1.29 is 4.79 Å². The van der Waals surface area contributed by atoms with Gasteiger partial charge >= 0.3 is 0 Å². The molecule has 2 N–H and O–H groups in total. The van der Waals surface area contributed by atoms with Gasteiger partial charge in [0.25, 0.3) is 0 Å². The fourth-order valence-electron chi connectivity index (χ4n) is 2.10. The van der Waals surface area contributed by atoms with Crippen LogP contribution in [0.25, 0.3) is 0 Å². The van der Waals surface area contributed by atoms with Crippen molar-refractivity contribution in [2.75, 3.05) is 39.3 Å². The molecule has 1 rings (SSSR count). The number of rotatable bonds is 4. The largest absolute Gasteiger partial charge is 0.340 e. The molecule has 1 aliphatic rings. The van der Waals surface area contributed by atoms with Crippen molar-refractivity contribution in [2.24, 2.45) is 11.1 Å². The molecular weight excluding hydrogens is 214 g/mol. The van der Waals surface area contributed by atoms with E-state index >= 15 is 0 Å². The van der Waals surface area contributed by atoms with Crippen molar-refractivity contribution in [3.8, 4) is 0 Å². The van der Waals surface area contributed by atoms with Gasteiger partial charge in [-0.15, -0.1) is 0 Å². The smallest absolute Gasteiger partial charge is 0.223 e. The lowest BCUT2D eigenvalue weighted by Gasteiger charge is -2.35. The molecule has 0 aromatic heterocycles. The van der Waals surface area contributed by atoms with Gasteiger partial charge in [0.2, 0.25) is 5.91 Å². The van der Waals surface area contributed by atoms with Gasteiger partial charge in [-0.1, -0.05) is 20.8 Å². The quantitative estimate of drug-likeness (QED) is 0.796. The number of nitrogens with zero attached hydrogens (tertiary/aromatic N) is 2. The summed E-state index contributed by atoms with van der Waals surface area (Å²) in [5.74, 6) is 0.302. The van der Waals surface area contributed by atoms with Crippen LogP contribution in [0, 0.1) is 5.41 Å². The summed E-state index contributed by atoms with van der Waals surface area (Å²) >= 11 is 0. The summed E-state index contributed by atoms with van der Waals surface area (Å²) in [5.41, 5.74) is 5.59. The van der Waals surface area contributed by atoms with Gasteiger partial charge in [0.05, 0.1) is 0 Å². The minimum atomic E-state index is 0.0910. The van der Waals surface area contributed by atoms with Gasteiger partial charge in [0, 0.05) is 32.6 Å². The molecule has 1 heterocycles. The lowest BCUT2D eigenvalue weighted by Crippen LogP contribution is -2.49. The van der Waals surface area contributed by atoms with Crippen LogP contribution in [0.3, 0.4) is 0 Å². The number of hydrogen-bond acceptors (Lipinski definition) is 3. The zero-order valence-electron chi connectivity index (χ0n) is 11.5. The molecule has 1 aliphatic heterocycles. The summed E-state index contributed by atoms with van der Waals surface area (Å²) in [6.45, 7) is 11.9. The van der Waals surface area contributed by atoms with Gasteiger partial charge in [-0.05, 0) is 24.9 Å². The van der Waals surface area contributed by atoms with Crippen molar-refractivity contribution in [1.29, 1.82) is 0 Å². The van der Waals surface area contributed by atoms with Crippen LogP contribution in [0.1, 0.15) is 33.6 Å². The van der Waals surface area contributed by atoms with Crippen molar-refractivity contribution in [1.82, 2.24) is 9.80 Å². The molecule has 0 radical (unpaired) electrons. The summed E-state index contributed by atoms with van der Waals surface area (Å²) in [5, 5.41) is 0. The Balaban J connectivity index is 2.29. The Hall–Kier alpha value is -0.610. The highest BCUT2D eigenvalue weighted by molar-refractivity contribution is 5.76. The number of hydrogen-bond donors (Lipinski definition) is 1. The second-order valence-electron chi connectivity index (χ2n) is 6.10. The number of nitrogens with two attached hydrogens (primary N) is 1. The molecule has 4 nitrogen and oxygen atoms in total. The van der Waals surface area contributed by atoms with E-state index in [0.29, 0.717) is 12.3 Å². The van der Waals surface area contributed by atoms with E-state index in [0.717, 1.165) is 45.7 Å². The summed E-state index contributed by atoms with van der Waals surface area (Å²) < 4.78 is 0. The Bertz CT molecular complexity index is 240. The molecule has 1 amide bonds. The zero-order chi connectivity index (χ0) is 12.9. The Kier molecular flexibility index (Phi) is 5.40. The maximum atomic E-state index is 12.0. The third kappa shape index (κ3) is 5.50. The summed E-state index contributed by atoms with van der Waals surface area (Å²) in [7, 11) is 0. The van der Waals surface area contributed by atoms with E-state index in [1.807, 2.05) is 4.90 Å². The lowest BCUT2D eigenvalue weighted by molar-refractivity contribution is -0.134. The minimum Gasteiger partial charge on any atom is -0.340 e. The molecule has 0 aromatic carbocycles. The van der Waals surface area contributed by atoms with Crippen molar-refractivity contribution in [2.45, 2.75) is 33.6 Å². The molecule has 1 saturated heterocycles. The second-order valence-corrected chi connectivity index (χ2v) is 6.10. The van der Waals surface area contributed by atoms with Crippen molar-refractivity contribution in [3.63, 3.8) is 0 Å². The Morgan fingerprint density at radius 3 is 2.24 bits per heavy atom. The zero-order valence-corrected chi connectivity index (χ0v) is 11.5. The molecule has 0 aromatic rings. The van der Waals surface area contributed by atoms with E-state index in [9.17, 15) is 4.79 Å². The molecule has 0 aliphatic carbocycles. The van der Waals surface area contributed by atoms with Gasteiger partial charge in [-0.25, -0.2) is 0 Å². The van der Waals surface area contributed by atoms with Crippen LogP contribution in [-0.2, 0) is 4.79 Å². The first-order chi connectivity index (χ1) is 7.92. The average molecular weight is 241 g/mol. The molecule has 0 spiro atoms. The first-order valence-corrected chi connectivity index (χ1v) is 6.62. The molecule has 0 bridgehead atoms. The van der Waals surface area contributed by atoms with E-state index in [-0.39, 0.29) is 5.41 Å². The van der Waals surface area contributed by atoms with Gasteiger partial charge in [0.1, 0.15) is 0 Å². The Morgan fingerprint density at radius 1 is 1.18 bits per heavy atom. The monoisotopic (exact) mass is 241 g/mol. The van der Waals surface area contributed by atoms with Gasteiger partial charge in [-0.3, -0.25) is 9.69 Å². The van der Waals surface area contributed by atoms with E-state index in [1.54, 1.807) is 0 Å². The molecule has 0 unspecified atom stereocenters. The number of carbonyl (C=O) groups excluding carboxylic acids is 1. The van der Waals surface area contributed by atoms with E-state index in [1.165, 1.54) is 0 Å². The molecular formula is C13H27N3O. The average Bonchev–Trinajstić information content (AvgIpc) is 2.24. The third-order valence-electron chi connectivity index (χ3n) is 3.09. The number of carbonyl (C=O) groups is 1. The van der Waals surface area contributed by atoms with Crippen molar-refractivity contribution >= 4 is 5.91 Å². The minimum absolute atomic E-state index is 0.0910. The first-order valence-electron chi connectivity index (χ1n) is 6.62. The maximum absolute atomic E-state index is 12.0. The van der Waals surface area contributed by atoms with Crippen LogP contribution < -0.4 is 5.73 Å². The molecule has 0 saturated carbocycles. The van der Waals surface area contributed by atoms with Crippen LogP contribution in [-0.4, -0.2) is 55.0 Å². The second kappa shape index (κ2) is 6.36. The predicted octanol–water partition coefficient (Wildman–Crippen LogP) is 0.916. The lowest BCUT2D eigenvalue weighted by atomic mass is 9.91. The number of piperazine rings is 1. The molecule has 0 atom stereocenters. The Morgan fingerprint density at radius 2 is 1.76 bits per heavy atom. The maximum Gasteiger partial charge on any atom is 0.223 e. The van der Waals surface area contributed by atoms with Crippen LogP contribution >= 0.6 is 0 Å². The highest BCUT2D eigenvalue weighted by Crippen LogP contribution is 2.20. The number of amides is 1. The predicted molar refractivity (Wildman–Crippen MR) is 70.8 cm³/mol. The highest BCUT2D eigenvalue weighted by Gasteiger charge is 2.24. The summed E-state index contributed by atoms with van der Waals surface area (Å²) in [6.07, 6.45) is 1.70. The van der Waals surface area contributed by atoms with Gasteiger partial charge in [0.15, 0.2) is 0 Å². The summed E-state index contributed by atoms with van der Waals surface area (Å²) in [6, 6.07) is 0. The first kappa shape index (κ1) is 14.5. The topological polar surface area (TPSA) is 49.6 Å². The fourth-order valence-corrected chi connectivity index (χ4v) is 2.10.